The van der Waals surface area contributed by atoms with Crippen molar-refractivity contribution in [2.45, 2.75) is 26.8 Å². The molecule has 1 unspecified atom stereocenters. The molecule has 0 spiro atoms. The number of thiazole rings is 1. The molecule has 4 aromatic rings. The van der Waals surface area contributed by atoms with Crippen molar-refractivity contribution < 1.29 is 19.1 Å². The number of aromatic nitrogens is 1. The van der Waals surface area contributed by atoms with Gasteiger partial charge in [0.15, 0.2) is 11.4 Å². The summed E-state index contributed by atoms with van der Waals surface area (Å²) in [7, 11) is 1.32. The van der Waals surface area contributed by atoms with E-state index in [-0.39, 0.29) is 18.1 Å². The van der Waals surface area contributed by atoms with Gasteiger partial charge >= 0.3 is 5.97 Å². The predicted molar refractivity (Wildman–Crippen MR) is 159 cm³/mol. The van der Waals surface area contributed by atoms with Crippen LogP contribution in [0.15, 0.2) is 93.9 Å². The lowest BCUT2D eigenvalue weighted by Crippen LogP contribution is -2.39. The second-order valence-electron chi connectivity index (χ2n) is 9.69. The molecule has 0 aliphatic carbocycles. The van der Waals surface area contributed by atoms with E-state index in [4.69, 9.17) is 9.47 Å². The van der Waals surface area contributed by atoms with Gasteiger partial charge in [0.25, 0.3) is 11.5 Å². The summed E-state index contributed by atoms with van der Waals surface area (Å²) in [6, 6.07) is 21.6. The number of methoxy groups -OCH3 is 1. The zero-order chi connectivity index (χ0) is 29.1. The molecule has 41 heavy (non-hydrogen) atoms. The number of anilines is 1. The molecule has 1 aromatic heterocycles. The molecule has 0 bridgehead atoms. The van der Waals surface area contributed by atoms with Gasteiger partial charge in [-0.15, -0.1) is 0 Å². The van der Waals surface area contributed by atoms with Gasteiger partial charge in [-0.25, -0.2) is 9.79 Å². The maximum absolute atomic E-state index is 13.6. The molecule has 208 valence electrons. The number of rotatable bonds is 7. The number of esters is 1. The van der Waals surface area contributed by atoms with Gasteiger partial charge in [-0.05, 0) is 73.4 Å². The molecule has 1 atom stereocenters. The molecule has 0 saturated heterocycles. The minimum atomic E-state index is -0.646. The van der Waals surface area contributed by atoms with Crippen molar-refractivity contribution in [1.82, 2.24) is 4.57 Å². The highest BCUT2D eigenvalue weighted by molar-refractivity contribution is 7.07. The molecule has 9 heteroatoms. The quantitative estimate of drug-likeness (QED) is 0.340. The van der Waals surface area contributed by atoms with E-state index in [0.717, 1.165) is 27.9 Å². The number of nitrogens with zero attached hydrogens (tertiary/aromatic N) is 2. The van der Waals surface area contributed by atoms with Gasteiger partial charge < -0.3 is 14.8 Å². The summed E-state index contributed by atoms with van der Waals surface area (Å²) < 4.78 is 12.7. The third-order valence-electron chi connectivity index (χ3n) is 6.88. The van der Waals surface area contributed by atoms with Crippen LogP contribution >= 0.6 is 11.3 Å². The summed E-state index contributed by atoms with van der Waals surface area (Å²) in [6.07, 6.45) is 1.78. The van der Waals surface area contributed by atoms with Crippen LogP contribution in [0, 0.1) is 13.8 Å². The van der Waals surface area contributed by atoms with Crippen LogP contribution in [-0.2, 0) is 14.3 Å². The number of carbonyl (C=O) groups excluding carboxylic acids is 2. The van der Waals surface area contributed by atoms with Crippen LogP contribution in [-0.4, -0.2) is 30.2 Å². The fourth-order valence-electron chi connectivity index (χ4n) is 4.62. The number of carbonyl (C=O) groups is 2. The molecule has 0 fully saturated rings. The van der Waals surface area contributed by atoms with Gasteiger partial charge in [0.05, 0.1) is 29.0 Å². The Labute approximate surface area is 240 Å². The molecular weight excluding hydrogens is 538 g/mol. The van der Waals surface area contributed by atoms with Crippen LogP contribution in [0.2, 0.25) is 0 Å². The van der Waals surface area contributed by atoms with Crippen LogP contribution in [0.5, 0.6) is 5.75 Å². The highest BCUT2D eigenvalue weighted by Gasteiger charge is 2.32. The maximum atomic E-state index is 13.6. The first kappa shape index (κ1) is 27.8. The molecule has 1 amide bonds. The van der Waals surface area contributed by atoms with Crippen molar-refractivity contribution >= 4 is 35.0 Å². The summed E-state index contributed by atoms with van der Waals surface area (Å²) in [5.74, 6) is -0.248. The lowest BCUT2D eigenvalue weighted by molar-refractivity contribution is -0.136. The Balaban J connectivity index is 1.37. The van der Waals surface area contributed by atoms with Crippen LogP contribution in [0.4, 0.5) is 5.69 Å². The normalized spacial score (nSPS) is 14.7. The molecular formula is C32H29N3O5S. The van der Waals surface area contributed by atoms with Crippen molar-refractivity contribution in [2.24, 2.45) is 4.99 Å². The Morgan fingerprint density at radius 2 is 1.73 bits per heavy atom. The Morgan fingerprint density at radius 3 is 2.41 bits per heavy atom. The minimum absolute atomic E-state index is 0.133. The highest BCUT2D eigenvalue weighted by Crippen LogP contribution is 2.30. The van der Waals surface area contributed by atoms with E-state index in [2.05, 4.69) is 10.3 Å². The first-order valence-electron chi connectivity index (χ1n) is 13.0. The van der Waals surface area contributed by atoms with E-state index in [1.54, 1.807) is 29.7 Å². The number of hydrogen-bond acceptors (Lipinski definition) is 7. The van der Waals surface area contributed by atoms with E-state index >= 15 is 0 Å². The van der Waals surface area contributed by atoms with Gasteiger partial charge in [0.2, 0.25) is 0 Å². The van der Waals surface area contributed by atoms with E-state index in [0.29, 0.717) is 26.4 Å². The minimum Gasteiger partial charge on any atom is -0.484 e. The maximum Gasteiger partial charge on any atom is 0.338 e. The molecule has 0 radical (unpaired) electrons. The molecule has 0 saturated carbocycles. The van der Waals surface area contributed by atoms with Crippen molar-refractivity contribution in [2.75, 3.05) is 19.0 Å². The van der Waals surface area contributed by atoms with Crippen LogP contribution < -0.4 is 24.9 Å². The second kappa shape index (κ2) is 11.8. The SMILES string of the molecule is COC(=O)C1=C(C)N=c2s/c(=C\c3ccc(OCC(=O)Nc4ccc(C)c(C)c4)cc3)c(=O)n2C1c1ccccc1. The molecule has 2 heterocycles. The number of fused-ring (bicyclic) bond motifs is 1. The van der Waals surface area contributed by atoms with Crippen molar-refractivity contribution in [1.29, 1.82) is 0 Å². The van der Waals surface area contributed by atoms with Gasteiger partial charge in [0.1, 0.15) is 5.75 Å². The second-order valence-corrected chi connectivity index (χ2v) is 10.7. The third-order valence-corrected chi connectivity index (χ3v) is 7.86. The molecule has 1 aliphatic heterocycles. The number of ether oxygens (including phenoxy) is 2. The van der Waals surface area contributed by atoms with Crippen molar-refractivity contribution in [3.63, 3.8) is 0 Å². The monoisotopic (exact) mass is 567 g/mol. The molecule has 1 aliphatic rings. The first-order valence-corrected chi connectivity index (χ1v) is 13.8. The standard InChI is InChI=1S/C32H29N3O5S/c1-19-10-13-24(16-20(19)2)34-27(36)18-40-25-14-11-22(12-15-25)17-26-30(37)35-29(23-8-6-5-7-9-23)28(31(38)39-4)21(3)33-32(35)41-26/h5-17,29H,18H2,1-4H3,(H,34,36)/b26-17-. The van der Waals surface area contributed by atoms with Crippen molar-refractivity contribution in [3.8, 4) is 5.75 Å². The highest BCUT2D eigenvalue weighted by atomic mass is 32.1. The molecule has 1 N–H and O–H groups in total. The van der Waals surface area contributed by atoms with Gasteiger partial charge in [-0.2, -0.15) is 0 Å². The predicted octanol–water partition coefficient (Wildman–Crippen LogP) is 4.04. The number of amides is 1. The largest absolute Gasteiger partial charge is 0.484 e. The average molecular weight is 568 g/mol. The first-order chi connectivity index (χ1) is 19.7. The zero-order valence-corrected chi connectivity index (χ0v) is 24.0. The lowest BCUT2D eigenvalue weighted by atomic mass is 9.96. The fourth-order valence-corrected chi connectivity index (χ4v) is 5.67. The summed E-state index contributed by atoms with van der Waals surface area (Å²) in [6.45, 7) is 5.63. The Bertz CT molecular complexity index is 1840. The summed E-state index contributed by atoms with van der Waals surface area (Å²) in [5.41, 5.74) is 5.15. The summed E-state index contributed by atoms with van der Waals surface area (Å²) >= 11 is 1.26. The van der Waals surface area contributed by atoms with Crippen LogP contribution in [0.3, 0.4) is 0 Å². The lowest BCUT2D eigenvalue weighted by Gasteiger charge is -2.24. The molecule has 8 nitrogen and oxygen atoms in total. The topological polar surface area (TPSA) is 99.0 Å². The van der Waals surface area contributed by atoms with Crippen LogP contribution in [0.1, 0.15) is 35.2 Å². The number of aryl methyl sites for hydroxylation is 2. The average Bonchev–Trinajstić information content (AvgIpc) is 3.27. The Kier molecular flexibility index (Phi) is 7.98. The third kappa shape index (κ3) is 5.90. The molecule has 5 rings (SSSR count). The van der Waals surface area contributed by atoms with E-state index in [1.165, 1.54) is 18.4 Å². The van der Waals surface area contributed by atoms with Gasteiger partial charge in [-0.3, -0.25) is 14.2 Å². The van der Waals surface area contributed by atoms with E-state index in [1.807, 2.05) is 74.5 Å². The van der Waals surface area contributed by atoms with Crippen LogP contribution in [0.25, 0.3) is 6.08 Å². The number of hydrogen-bond donors (Lipinski definition) is 1. The number of benzene rings is 3. The Hall–Kier alpha value is -4.76. The van der Waals surface area contributed by atoms with E-state index in [9.17, 15) is 14.4 Å². The van der Waals surface area contributed by atoms with Gasteiger partial charge in [0, 0.05) is 5.69 Å². The Morgan fingerprint density at radius 1 is 1.00 bits per heavy atom. The molecule has 3 aromatic carbocycles. The summed E-state index contributed by atoms with van der Waals surface area (Å²) in [5, 5.41) is 2.84. The van der Waals surface area contributed by atoms with Crippen molar-refractivity contribution in [3.05, 3.63) is 126 Å². The number of nitrogens with one attached hydrogen (secondary N) is 1. The smallest absolute Gasteiger partial charge is 0.338 e. The fraction of sp³-hybridized carbons (Fsp3) is 0.188. The zero-order valence-electron chi connectivity index (χ0n) is 23.1. The van der Waals surface area contributed by atoms with E-state index < -0.39 is 12.0 Å². The summed E-state index contributed by atoms with van der Waals surface area (Å²) in [4.78, 5) is 43.8. The number of allylic oxidation sites excluding steroid dienone is 1. The van der Waals surface area contributed by atoms with Gasteiger partial charge in [-0.1, -0.05) is 59.9 Å².